The molecule has 1 unspecified atom stereocenters. The lowest BCUT2D eigenvalue weighted by atomic mass is 9.85. The van der Waals surface area contributed by atoms with Gasteiger partial charge < -0.3 is 10.6 Å². The summed E-state index contributed by atoms with van der Waals surface area (Å²) in [5, 5.41) is 9.64. The zero-order chi connectivity index (χ0) is 18.6. The normalized spacial score (nSPS) is 15.8. The van der Waals surface area contributed by atoms with E-state index in [1.807, 2.05) is 11.4 Å². The standard InChI is InChI=1S/C20H19N3O2S2/c24-18(11-21-19(25)15-8-9-26-12-15)23-20-22-16-7-6-14(10-17(16)27-20)13-4-2-1-3-5-13/h1-5,8-9,12,14H,6-7,10-11H2,(H,21,25)(H,22,23,24). The minimum absolute atomic E-state index is 0.0639. The van der Waals surface area contributed by atoms with Crippen molar-refractivity contribution in [3.63, 3.8) is 0 Å². The molecule has 0 bridgehead atoms. The maximum absolute atomic E-state index is 12.1. The van der Waals surface area contributed by atoms with Crippen LogP contribution in [0.25, 0.3) is 0 Å². The molecule has 2 amide bonds. The van der Waals surface area contributed by atoms with E-state index in [9.17, 15) is 9.59 Å². The molecular formula is C20H19N3O2S2. The van der Waals surface area contributed by atoms with Crippen LogP contribution in [0.4, 0.5) is 5.13 Å². The number of rotatable bonds is 5. The molecule has 1 aromatic carbocycles. The molecule has 1 aliphatic carbocycles. The highest BCUT2D eigenvalue weighted by Gasteiger charge is 2.24. The largest absolute Gasteiger partial charge is 0.343 e. The van der Waals surface area contributed by atoms with Gasteiger partial charge >= 0.3 is 0 Å². The molecule has 2 aromatic heterocycles. The summed E-state index contributed by atoms with van der Waals surface area (Å²) in [6.45, 7) is -0.0639. The molecule has 27 heavy (non-hydrogen) atoms. The number of thiazole rings is 1. The van der Waals surface area contributed by atoms with Crippen LogP contribution in [0.5, 0.6) is 0 Å². The molecule has 0 aliphatic heterocycles. The Hall–Kier alpha value is -2.51. The van der Waals surface area contributed by atoms with Crippen LogP contribution < -0.4 is 10.6 Å². The van der Waals surface area contributed by atoms with Crippen molar-refractivity contribution >= 4 is 39.6 Å². The average Bonchev–Trinajstić information content (AvgIpc) is 3.35. The molecule has 0 saturated carbocycles. The van der Waals surface area contributed by atoms with Crippen molar-refractivity contribution < 1.29 is 9.59 Å². The van der Waals surface area contributed by atoms with E-state index in [-0.39, 0.29) is 18.4 Å². The van der Waals surface area contributed by atoms with E-state index in [0.29, 0.717) is 16.6 Å². The van der Waals surface area contributed by atoms with E-state index in [4.69, 9.17) is 0 Å². The van der Waals surface area contributed by atoms with Crippen LogP contribution >= 0.6 is 22.7 Å². The number of carbonyl (C=O) groups excluding carboxylic acids is 2. The van der Waals surface area contributed by atoms with Crippen molar-refractivity contribution in [2.75, 3.05) is 11.9 Å². The Kier molecular flexibility index (Phi) is 5.31. The van der Waals surface area contributed by atoms with Gasteiger partial charge in [0.25, 0.3) is 5.91 Å². The van der Waals surface area contributed by atoms with Crippen molar-refractivity contribution in [3.05, 3.63) is 68.9 Å². The van der Waals surface area contributed by atoms with E-state index in [2.05, 4.69) is 39.9 Å². The second-order valence-corrected chi connectivity index (χ2v) is 8.35. The molecular weight excluding hydrogens is 378 g/mol. The monoisotopic (exact) mass is 397 g/mol. The summed E-state index contributed by atoms with van der Waals surface area (Å²) in [7, 11) is 0. The number of nitrogens with zero attached hydrogens (tertiary/aromatic N) is 1. The minimum Gasteiger partial charge on any atom is -0.343 e. The van der Waals surface area contributed by atoms with Gasteiger partial charge in [0.2, 0.25) is 5.91 Å². The van der Waals surface area contributed by atoms with Crippen LogP contribution in [-0.4, -0.2) is 23.3 Å². The Morgan fingerprint density at radius 3 is 2.81 bits per heavy atom. The average molecular weight is 398 g/mol. The summed E-state index contributed by atoms with van der Waals surface area (Å²) in [6.07, 6.45) is 2.96. The first kappa shape index (κ1) is 17.9. The highest BCUT2D eigenvalue weighted by Crippen LogP contribution is 2.36. The maximum Gasteiger partial charge on any atom is 0.252 e. The molecule has 0 radical (unpaired) electrons. The SMILES string of the molecule is O=C(CNC(=O)c1ccsc1)Nc1nc2c(s1)CC(c1ccccc1)CC2. The summed E-state index contributed by atoms with van der Waals surface area (Å²) in [5.74, 6) is 0.00687. The van der Waals surface area contributed by atoms with E-state index in [0.717, 1.165) is 25.0 Å². The van der Waals surface area contributed by atoms with Crippen LogP contribution in [0.1, 0.15) is 38.8 Å². The number of fused-ring (bicyclic) bond motifs is 1. The van der Waals surface area contributed by atoms with Crippen LogP contribution in [0.2, 0.25) is 0 Å². The Balaban J connectivity index is 1.34. The number of aromatic nitrogens is 1. The molecule has 1 aliphatic rings. The number of amides is 2. The van der Waals surface area contributed by atoms with Crippen LogP contribution in [-0.2, 0) is 17.6 Å². The Morgan fingerprint density at radius 2 is 2.04 bits per heavy atom. The molecule has 138 valence electrons. The summed E-state index contributed by atoms with van der Waals surface area (Å²) >= 11 is 2.99. The fourth-order valence-corrected chi connectivity index (χ4v) is 5.00. The van der Waals surface area contributed by atoms with Gasteiger partial charge in [0.15, 0.2) is 5.13 Å². The quantitative estimate of drug-likeness (QED) is 0.687. The molecule has 5 nitrogen and oxygen atoms in total. The molecule has 4 rings (SSSR count). The van der Waals surface area contributed by atoms with Crippen molar-refractivity contribution in [3.8, 4) is 0 Å². The Bertz CT molecular complexity index is 936. The van der Waals surface area contributed by atoms with Gasteiger partial charge in [0, 0.05) is 15.8 Å². The number of hydrogen-bond acceptors (Lipinski definition) is 5. The highest BCUT2D eigenvalue weighted by molar-refractivity contribution is 7.15. The fourth-order valence-electron chi connectivity index (χ4n) is 3.26. The van der Waals surface area contributed by atoms with Crippen molar-refractivity contribution in [1.29, 1.82) is 0 Å². The van der Waals surface area contributed by atoms with E-state index in [1.165, 1.54) is 33.1 Å². The summed E-state index contributed by atoms with van der Waals surface area (Å²) in [5.41, 5.74) is 3.02. The highest BCUT2D eigenvalue weighted by atomic mass is 32.1. The lowest BCUT2D eigenvalue weighted by Crippen LogP contribution is -2.32. The molecule has 1 atom stereocenters. The fraction of sp³-hybridized carbons (Fsp3) is 0.250. The third-order valence-corrected chi connectivity index (χ3v) is 6.37. The minimum atomic E-state index is -0.260. The van der Waals surface area contributed by atoms with E-state index >= 15 is 0 Å². The predicted octanol–water partition coefficient (Wildman–Crippen LogP) is 3.85. The molecule has 0 spiro atoms. The van der Waals surface area contributed by atoms with Crippen molar-refractivity contribution in [2.24, 2.45) is 0 Å². The van der Waals surface area contributed by atoms with Gasteiger partial charge in [-0.3, -0.25) is 9.59 Å². The van der Waals surface area contributed by atoms with Gasteiger partial charge in [-0.05, 0) is 42.2 Å². The third-order valence-electron chi connectivity index (χ3n) is 4.65. The predicted molar refractivity (Wildman–Crippen MR) is 109 cm³/mol. The number of benzene rings is 1. The van der Waals surface area contributed by atoms with Gasteiger partial charge in [0.1, 0.15) is 0 Å². The number of thiophene rings is 1. The second-order valence-electron chi connectivity index (χ2n) is 6.48. The Morgan fingerprint density at radius 1 is 1.19 bits per heavy atom. The second kappa shape index (κ2) is 8.02. The number of nitrogens with one attached hydrogen (secondary N) is 2. The number of hydrogen-bond donors (Lipinski definition) is 2. The van der Waals surface area contributed by atoms with E-state index < -0.39 is 0 Å². The first-order valence-corrected chi connectivity index (χ1v) is 10.6. The van der Waals surface area contributed by atoms with E-state index in [1.54, 1.807) is 11.4 Å². The van der Waals surface area contributed by atoms with Crippen molar-refractivity contribution in [1.82, 2.24) is 10.3 Å². The van der Waals surface area contributed by atoms with Gasteiger partial charge in [-0.15, -0.1) is 11.3 Å². The lowest BCUT2D eigenvalue weighted by molar-refractivity contribution is -0.115. The number of anilines is 1. The van der Waals surface area contributed by atoms with Gasteiger partial charge in [0.05, 0.1) is 12.2 Å². The topological polar surface area (TPSA) is 71.1 Å². The Labute approximate surface area is 165 Å². The smallest absolute Gasteiger partial charge is 0.252 e. The molecule has 2 heterocycles. The summed E-state index contributed by atoms with van der Waals surface area (Å²) in [6, 6.07) is 12.3. The molecule has 2 N–H and O–H groups in total. The van der Waals surface area contributed by atoms with Gasteiger partial charge in [-0.25, -0.2) is 4.98 Å². The van der Waals surface area contributed by atoms with Crippen LogP contribution in [0.3, 0.4) is 0 Å². The van der Waals surface area contributed by atoms with Crippen molar-refractivity contribution in [2.45, 2.75) is 25.2 Å². The first-order valence-electron chi connectivity index (χ1n) is 8.83. The first-order chi connectivity index (χ1) is 13.2. The molecule has 0 fully saturated rings. The number of carbonyl (C=O) groups is 2. The maximum atomic E-state index is 12.1. The third kappa shape index (κ3) is 4.26. The number of aryl methyl sites for hydroxylation is 1. The lowest BCUT2D eigenvalue weighted by Gasteiger charge is -2.21. The summed E-state index contributed by atoms with van der Waals surface area (Å²) in [4.78, 5) is 29.8. The van der Waals surface area contributed by atoms with Crippen LogP contribution in [0, 0.1) is 0 Å². The molecule has 3 aromatic rings. The molecule has 0 saturated heterocycles. The summed E-state index contributed by atoms with van der Waals surface area (Å²) < 4.78 is 0. The van der Waals surface area contributed by atoms with Crippen LogP contribution in [0.15, 0.2) is 47.2 Å². The van der Waals surface area contributed by atoms with Gasteiger partial charge in [-0.2, -0.15) is 11.3 Å². The zero-order valence-electron chi connectivity index (χ0n) is 14.6. The zero-order valence-corrected chi connectivity index (χ0v) is 16.2. The molecule has 7 heteroatoms. The van der Waals surface area contributed by atoms with Gasteiger partial charge in [-0.1, -0.05) is 30.3 Å².